The van der Waals surface area contributed by atoms with E-state index in [1.165, 1.54) is 7.11 Å². The second kappa shape index (κ2) is 6.49. The second-order valence-corrected chi connectivity index (χ2v) is 4.60. The van der Waals surface area contributed by atoms with Crippen molar-refractivity contribution in [3.63, 3.8) is 0 Å². The lowest BCUT2D eigenvalue weighted by Gasteiger charge is -2.16. The predicted molar refractivity (Wildman–Crippen MR) is 73.6 cm³/mol. The first-order valence-corrected chi connectivity index (χ1v) is 6.40. The second-order valence-electron chi connectivity index (χ2n) is 4.60. The SMILES string of the molecule is CNC1COCC1C(=O)Nc1cccc(C(=O)OC)c1. The summed E-state index contributed by atoms with van der Waals surface area (Å²) in [7, 11) is 3.12. The number of hydrogen-bond donors (Lipinski definition) is 2. The van der Waals surface area contributed by atoms with Gasteiger partial charge in [0.1, 0.15) is 0 Å². The highest BCUT2D eigenvalue weighted by molar-refractivity contribution is 5.95. The normalized spacial score (nSPS) is 21.5. The van der Waals surface area contributed by atoms with Crippen LogP contribution in [-0.2, 0) is 14.3 Å². The number of benzene rings is 1. The topological polar surface area (TPSA) is 76.7 Å². The Bertz CT molecular complexity index is 504. The molecule has 108 valence electrons. The van der Waals surface area contributed by atoms with Crippen LogP contribution in [0.25, 0.3) is 0 Å². The van der Waals surface area contributed by atoms with Gasteiger partial charge >= 0.3 is 5.97 Å². The molecule has 2 N–H and O–H groups in total. The van der Waals surface area contributed by atoms with Crippen molar-refractivity contribution in [2.24, 2.45) is 5.92 Å². The van der Waals surface area contributed by atoms with Crippen molar-refractivity contribution in [1.29, 1.82) is 0 Å². The molecule has 2 unspecified atom stereocenters. The van der Waals surface area contributed by atoms with E-state index >= 15 is 0 Å². The Labute approximate surface area is 117 Å². The Morgan fingerprint density at radius 2 is 2.15 bits per heavy atom. The summed E-state index contributed by atoms with van der Waals surface area (Å²) in [4.78, 5) is 23.6. The number of carbonyl (C=O) groups excluding carboxylic acids is 2. The number of amides is 1. The molecule has 0 radical (unpaired) electrons. The number of esters is 1. The molecule has 0 spiro atoms. The fraction of sp³-hybridized carbons (Fsp3) is 0.429. The first-order chi connectivity index (χ1) is 9.65. The van der Waals surface area contributed by atoms with E-state index in [1.807, 2.05) is 0 Å². The average Bonchev–Trinajstić information content (AvgIpc) is 2.95. The third kappa shape index (κ3) is 3.15. The van der Waals surface area contributed by atoms with Crippen molar-refractivity contribution in [1.82, 2.24) is 5.32 Å². The van der Waals surface area contributed by atoms with Gasteiger partial charge in [-0.2, -0.15) is 0 Å². The summed E-state index contributed by atoms with van der Waals surface area (Å²) in [5, 5.41) is 5.86. The lowest BCUT2D eigenvalue weighted by molar-refractivity contribution is -0.120. The number of rotatable bonds is 4. The summed E-state index contributed by atoms with van der Waals surface area (Å²) in [6.45, 7) is 0.921. The number of ether oxygens (including phenoxy) is 2. The van der Waals surface area contributed by atoms with Gasteiger partial charge in [0.15, 0.2) is 0 Å². The van der Waals surface area contributed by atoms with E-state index in [0.29, 0.717) is 24.5 Å². The van der Waals surface area contributed by atoms with Crippen molar-refractivity contribution in [3.05, 3.63) is 29.8 Å². The number of carbonyl (C=O) groups is 2. The molecule has 1 aromatic rings. The highest BCUT2D eigenvalue weighted by Crippen LogP contribution is 2.17. The number of likely N-dealkylation sites (N-methyl/N-ethyl adjacent to an activating group) is 1. The summed E-state index contributed by atoms with van der Waals surface area (Å²) >= 11 is 0. The van der Waals surface area contributed by atoms with Gasteiger partial charge < -0.3 is 20.1 Å². The van der Waals surface area contributed by atoms with Crippen LogP contribution in [0.3, 0.4) is 0 Å². The molecular formula is C14H18N2O4. The van der Waals surface area contributed by atoms with Gasteiger partial charge in [-0.15, -0.1) is 0 Å². The number of methoxy groups -OCH3 is 1. The molecule has 1 heterocycles. The molecule has 0 saturated carbocycles. The highest BCUT2D eigenvalue weighted by atomic mass is 16.5. The molecule has 6 heteroatoms. The number of anilines is 1. The number of nitrogens with one attached hydrogen (secondary N) is 2. The van der Waals surface area contributed by atoms with Gasteiger partial charge in [0.2, 0.25) is 5.91 Å². The first kappa shape index (κ1) is 14.5. The Hall–Kier alpha value is -1.92. The molecule has 20 heavy (non-hydrogen) atoms. The molecule has 1 aliphatic heterocycles. The van der Waals surface area contributed by atoms with Gasteiger partial charge in [-0.05, 0) is 25.2 Å². The molecule has 0 aromatic heterocycles. The van der Waals surface area contributed by atoms with Gasteiger partial charge in [-0.25, -0.2) is 4.79 Å². The lowest BCUT2D eigenvalue weighted by atomic mass is 10.0. The smallest absolute Gasteiger partial charge is 0.337 e. The first-order valence-electron chi connectivity index (χ1n) is 6.40. The molecule has 1 aliphatic rings. The maximum atomic E-state index is 12.2. The zero-order valence-corrected chi connectivity index (χ0v) is 11.5. The van der Waals surface area contributed by atoms with Crippen molar-refractivity contribution in [3.8, 4) is 0 Å². The third-order valence-electron chi connectivity index (χ3n) is 3.34. The quantitative estimate of drug-likeness (QED) is 0.791. The van der Waals surface area contributed by atoms with Crippen LogP contribution in [0.1, 0.15) is 10.4 Å². The van der Waals surface area contributed by atoms with E-state index in [0.717, 1.165) is 0 Å². The molecule has 1 fully saturated rings. The van der Waals surface area contributed by atoms with Gasteiger partial charge in [-0.1, -0.05) is 6.07 Å². The molecule has 1 amide bonds. The molecule has 0 bridgehead atoms. The minimum atomic E-state index is -0.432. The minimum Gasteiger partial charge on any atom is -0.465 e. The van der Waals surface area contributed by atoms with Crippen molar-refractivity contribution < 1.29 is 19.1 Å². The van der Waals surface area contributed by atoms with Crippen LogP contribution in [0.5, 0.6) is 0 Å². The van der Waals surface area contributed by atoms with E-state index in [1.54, 1.807) is 31.3 Å². The van der Waals surface area contributed by atoms with Crippen LogP contribution in [0.15, 0.2) is 24.3 Å². The average molecular weight is 278 g/mol. The third-order valence-corrected chi connectivity index (χ3v) is 3.34. The summed E-state index contributed by atoms with van der Waals surface area (Å²) in [6, 6.07) is 6.67. The predicted octanol–water partition coefficient (Wildman–Crippen LogP) is 0.646. The maximum Gasteiger partial charge on any atom is 0.337 e. The Balaban J connectivity index is 2.06. The standard InChI is InChI=1S/C14H18N2O4/c1-15-12-8-20-7-11(12)13(17)16-10-5-3-4-9(6-10)14(18)19-2/h3-6,11-12,15H,7-8H2,1-2H3,(H,16,17). The fourth-order valence-corrected chi connectivity index (χ4v) is 2.17. The maximum absolute atomic E-state index is 12.2. The largest absolute Gasteiger partial charge is 0.465 e. The molecule has 1 aromatic carbocycles. The molecular weight excluding hydrogens is 260 g/mol. The van der Waals surface area contributed by atoms with Gasteiger partial charge in [-0.3, -0.25) is 4.79 Å². The minimum absolute atomic E-state index is 0.0128. The van der Waals surface area contributed by atoms with Crippen LogP contribution < -0.4 is 10.6 Å². The van der Waals surface area contributed by atoms with E-state index in [9.17, 15) is 9.59 Å². The van der Waals surface area contributed by atoms with Crippen LogP contribution in [-0.4, -0.2) is 45.3 Å². The zero-order chi connectivity index (χ0) is 14.5. The summed E-state index contributed by atoms with van der Waals surface area (Å²) in [6.07, 6.45) is 0. The monoisotopic (exact) mass is 278 g/mol. The van der Waals surface area contributed by atoms with Crippen molar-refractivity contribution in [2.45, 2.75) is 6.04 Å². The molecule has 2 atom stereocenters. The summed E-state index contributed by atoms with van der Waals surface area (Å²) in [5.74, 6) is -0.788. The van der Waals surface area contributed by atoms with E-state index in [2.05, 4.69) is 15.4 Å². The van der Waals surface area contributed by atoms with E-state index in [4.69, 9.17) is 4.74 Å². The molecule has 6 nitrogen and oxygen atoms in total. The van der Waals surface area contributed by atoms with Gasteiger partial charge in [0.05, 0.1) is 31.8 Å². The number of hydrogen-bond acceptors (Lipinski definition) is 5. The Kier molecular flexibility index (Phi) is 4.70. The Morgan fingerprint density at radius 1 is 1.35 bits per heavy atom. The van der Waals surface area contributed by atoms with Crippen LogP contribution in [0.2, 0.25) is 0 Å². The van der Waals surface area contributed by atoms with Crippen LogP contribution >= 0.6 is 0 Å². The van der Waals surface area contributed by atoms with E-state index < -0.39 is 5.97 Å². The fourth-order valence-electron chi connectivity index (χ4n) is 2.17. The molecule has 1 saturated heterocycles. The molecule has 2 rings (SSSR count). The lowest BCUT2D eigenvalue weighted by Crippen LogP contribution is -2.39. The zero-order valence-electron chi connectivity index (χ0n) is 11.5. The van der Waals surface area contributed by atoms with Gasteiger partial charge in [0, 0.05) is 11.7 Å². The summed E-state index contributed by atoms with van der Waals surface area (Å²) < 4.78 is 9.95. The van der Waals surface area contributed by atoms with E-state index in [-0.39, 0.29) is 17.9 Å². The van der Waals surface area contributed by atoms with Crippen LogP contribution in [0.4, 0.5) is 5.69 Å². The van der Waals surface area contributed by atoms with Crippen molar-refractivity contribution in [2.75, 3.05) is 32.7 Å². The van der Waals surface area contributed by atoms with Gasteiger partial charge in [0.25, 0.3) is 0 Å². The molecule has 0 aliphatic carbocycles. The van der Waals surface area contributed by atoms with Crippen LogP contribution in [0, 0.1) is 5.92 Å². The van der Waals surface area contributed by atoms with Crippen molar-refractivity contribution >= 4 is 17.6 Å². The highest BCUT2D eigenvalue weighted by Gasteiger charge is 2.32. The summed E-state index contributed by atoms with van der Waals surface area (Å²) in [5.41, 5.74) is 0.970. The Morgan fingerprint density at radius 3 is 2.85 bits per heavy atom.